The largest absolute Gasteiger partial charge is 0.347 e. The molecule has 2 aromatic rings. The van der Waals surface area contributed by atoms with E-state index in [0.29, 0.717) is 32.2 Å². The maximum absolute atomic E-state index is 14.8. The molecular weight excluding hydrogens is 542 g/mol. The van der Waals surface area contributed by atoms with Gasteiger partial charge in [-0.05, 0) is 57.0 Å². The monoisotopic (exact) mass is 566 g/mol. The predicted molar refractivity (Wildman–Crippen MR) is 137 cm³/mol. The molecule has 2 atom stereocenters. The fourth-order valence-corrected chi connectivity index (χ4v) is 7.46. The van der Waals surface area contributed by atoms with Crippen LogP contribution in [0.1, 0.15) is 37.8 Å². The van der Waals surface area contributed by atoms with Crippen molar-refractivity contribution in [3.05, 3.63) is 58.1 Å². The molecule has 5 rings (SSSR count). The molecule has 0 radical (unpaired) electrons. The van der Waals surface area contributed by atoms with Crippen molar-refractivity contribution in [2.24, 2.45) is 4.99 Å². The van der Waals surface area contributed by atoms with Crippen LogP contribution in [0, 0.1) is 5.82 Å². The Morgan fingerprint density at radius 1 is 1.22 bits per heavy atom. The van der Waals surface area contributed by atoms with E-state index in [4.69, 9.17) is 23.2 Å². The van der Waals surface area contributed by atoms with Crippen molar-refractivity contribution in [1.82, 2.24) is 15.2 Å². The summed E-state index contributed by atoms with van der Waals surface area (Å²) in [6, 6.07) is 6.09. The van der Waals surface area contributed by atoms with E-state index in [-0.39, 0.29) is 33.6 Å². The maximum atomic E-state index is 14.8. The fourth-order valence-electron chi connectivity index (χ4n) is 5.10. The number of sulfone groups is 1. The Kier molecular flexibility index (Phi) is 6.57. The van der Waals surface area contributed by atoms with Crippen molar-refractivity contribution in [3.8, 4) is 0 Å². The molecule has 12 heteroatoms. The molecule has 8 nitrogen and oxygen atoms in total. The first-order valence-electron chi connectivity index (χ1n) is 11.9. The minimum atomic E-state index is -3.99. The standard InChI is InChI=1S/C25H25Cl2FN4O4S/c1-29-14-24(6-7-24)31-22(33)19-11-16(37(35,36)20-5-3-2-4-17(20)27)13-32(19)23(34)25(8-9-25)21-18(28)10-15(26)12-30-21/h2-5,10,12,16,19H,1,6-9,11,13-14H2,(H,31,33). The molecule has 196 valence electrons. The number of carbonyl (C=O) groups excluding carboxylic acids is 2. The topological polar surface area (TPSA) is 109 Å². The number of nitrogens with one attached hydrogen (secondary N) is 1. The molecule has 1 saturated heterocycles. The summed E-state index contributed by atoms with van der Waals surface area (Å²) in [5.74, 6) is -1.70. The Hall–Kier alpha value is -2.56. The quantitative estimate of drug-likeness (QED) is 0.493. The number of halogens is 3. The van der Waals surface area contributed by atoms with Gasteiger partial charge in [0.05, 0.1) is 43.4 Å². The number of likely N-dealkylation sites (tertiary alicyclic amines) is 1. The Bertz CT molecular complexity index is 1390. The number of hydrogen-bond acceptors (Lipinski definition) is 6. The first-order chi connectivity index (χ1) is 17.5. The number of nitrogens with zero attached hydrogens (tertiary/aromatic N) is 3. The second-order valence-electron chi connectivity index (χ2n) is 10.0. The summed E-state index contributed by atoms with van der Waals surface area (Å²) in [6.45, 7) is 3.60. The van der Waals surface area contributed by atoms with E-state index in [1.165, 1.54) is 23.2 Å². The van der Waals surface area contributed by atoms with E-state index < -0.39 is 49.7 Å². The summed E-state index contributed by atoms with van der Waals surface area (Å²) < 4.78 is 41.9. The third-order valence-electron chi connectivity index (χ3n) is 7.49. The highest BCUT2D eigenvalue weighted by Crippen LogP contribution is 2.51. The van der Waals surface area contributed by atoms with Gasteiger partial charge >= 0.3 is 0 Å². The number of benzene rings is 1. The van der Waals surface area contributed by atoms with E-state index >= 15 is 0 Å². The number of aromatic nitrogens is 1. The maximum Gasteiger partial charge on any atom is 0.243 e. The van der Waals surface area contributed by atoms with Crippen molar-refractivity contribution >= 4 is 51.6 Å². The lowest BCUT2D eigenvalue weighted by Gasteiger charge is -2.29. The smallest absolute Gasteiger partial charge is 0.243 e. The third kappa shape index (κ3) is 4.64. The molecule has 2 saturated carbocycles. The number of pyridine rings is 1. The molecule has 1 N–H and O–H groups in total. The third-order valence-corrected chi connectivity index (χ3v) is 10.3. The molecule has 0 bridgehead atoms. The summed E-state index contributed by atoms with van der Waals surface area (Å²) in [7, 11) is -3.99. The molecule has 0 spiro atoms. The van der Waals surface area contributed by atoms with Crippen LogP contribution in [-0.2, 0) is 24.8 Å². The van der Waals surface area contributed by atoms with Gasteiger partial charge in [0.1, 0.15) is 11.9 Å². The van der Waals surface area contributed by atoms with Gasteiger partial charge in [0, 0.05) is 12.7 Å². The van der Waals surface area contributed by atoms with Crippen LogP contribution in [-0.4, -0.2) is 66.8 Å². The molecule has 37 heavy (non-hydrogen) atoms. The SMILES string of the molecule is C=NCC1(NC(=O)C2CC(S(=O)(=O)c3ccccc3Cl)CN2C(=O)C2(c3ncc(Cl)cc3F)CC2)CC1. The molecule has 3 aliphatic rings. The van der Waals surface area contributed by atoms with Crippen LogP contribution in [0.5, 0.6) is 0 Å². The van der Waals surface area contributed by atoms with Crippen molar-refractivity contribution in [1.29, 1.82) is 0 Å². The number of hydrogen-bond donors (Lipinski definition) is 1. The Morgan fingerprint density at radius 3 is 2.51 bits per heavy atom. The molecule has 1 aromatic carbocycles. The highest BCUT2D eigenvalue weighted by molar-refractivity contribution is 7.92. The Morgan fingerprint density at radius 2 is 1.92 bits per heavy atom. The zero-order valence-corrected chi connectivity index (χ0v) is 22.1. The van der Waals surface area contributed by atoms with Crippen molar-refractivity contribution < 1.29 is 22.4 Å². The van der Waals surface area contributed by atoms with Gasteiger partial charge in [-0.15, -0.1) is 0 Å². The number of rotatable bonds is 8. The highest BCUT2D eigenvalue weighted by atomic mass is 35.5. The predicted octanol–water partition coefficient (Wildman–Crippen LogP) is 3.35. The van der Waals surface area contributed by atoms with Crippen LogP contribution >= 0.6 is 23.2 Å². The minimum absolute atomic E-state index is 0.0482. The average molecular weight is 567 g/mol. The Balaban J connectivity index is 1.49. The Labute approximate surface area is 224 Å². The number of carbonyl (C=O) groups is 2. The number of aliphatic imine (C=N–C) groups is 1. The van der Waals surface area contributed by atoms with Crippen LogP contribution in [0.4, 0.5) is 4.39 Å². The molecule has 1 aliphatic heterocycles. The molecule has 1 aromatic heterocycles. The van der Waals surface area contributed by atoms with E-state index in [9.17, 15) is 22.4 Å². The van der Waals surface area contributed by atoms with Crippen LogP contribution in [0.3, 0.4) is 0 Å². The normalized spacial score (nSPS) is 23.4. The van der Waals surface area contributed by atoms with Gasteiger partial charge in [0.25, 0.3) is 0 Å². The summed E-state index contributed by atoms with van der Waals surface area (Å²) in [6.07, 6.45) is 3.23. The van der Waals surface area contributed by atoms with E-state index in [0.717, 1.165) is 6.07 Å². The van der Waals surface area contributed by atoms with Crippen LogP contribution < -0.4 is 5.32 Å². The zero-order chi connectivity index (χ0) is 26.6. The first-order valence-corrected chi connectivity index (χ1v) is 14.2. The summed E-state index contributed by atoms with van der Waals surface area (Å²) in [5, 5.41) is 2.04. The lowest BCUT2D eigenvalue weighted by molar-refractivity contribution is -0.140. The van der Waals surface area contributed by atoms with Gasteiger partial charge < -0.3 is 10.2 Å². The van der Waals surface area contributed by atoms with Crippen LogP contribution in [0.25, 0.3) is 0 Å². The summed E-state index contributed by atoms with van der Waals surface area (Å²) in [4.78, 5) is 36.6. The second kappa shape index (κ2) is 9.32. The fraction of sp³-hybridized carbons (Fsp3) is 0.440. The lowest BCUT2D eigenvalue weighted by Crippen LogP contribution is -2.52. The highest BCUT2D eigenvalue weighted by Gasteiger charge is 2.59. The molecule has 2 heterocycles. The molecule has 2 amide bonds. The second-order valence-corrected chi connectivity index (χ2v) is 13.1. The number of amides is 2. The average Bonchev–Trinajstić information content (AvgIpc) is 3.76. The van der Waals surface area contributed by atoms with Crippen molar-refractivity contribution in [2.75, 3.05) is 13.1 Å². The summed E-state index contributed by atoms with van der Waals surface area (Å²) >= 11 is 12.0. The van der Waals surface area contributed by atoms with Crippen molar-refractivity contribution in [2.45, 2.75) is 59.2 Å². The lowest BCUT2D eigenvalue weighted by atomic mass is 9.98. The van der Waals surface area contributed by atoms with Crippen molar-refractivity contribution in [3.63, 3.8) is 0 Å². The molecule has 2 aliphatic carbocycles. The van der Waals surface area contributed by atoms with Gasteiger partial charge in [-0.1, -0.05) is 35.3 Å². The molecule has 2 unspecified atom stereocenters. The van der Waals surface area contributed by atoms with Gasteiger partial charge in [-0.2, -0.15) is 0 Å². The van der Waals surface area contributed by atoms with E-state index in [2.05, 4.69) is 22.0 Å². The van der Waals surface area contributed by atoms with Crippen LogP contribution in [0.15, 0.2) is 46.4 Å². The summed E-state index contributed by atoms with van der Waals surface area (Å²) in [5.41, 5.74) is -1.85. The van der Waals surface area contributed by atoms with E-state index in [1.807, 2.05) is 0 Å². The van der Waals surface area contributed by atoms with Gasteiger partial charge in [0.2, 0.25) is 11.8 Å². The van der Waals surface area contributed by atoms with E-state index in [1.54, 1.807) is 12.1 Å². The molecule has 3 fully saturated rings. The van der Waals surface area contributed by atoms with Gasteiger partial charge in [0.15, 0.2) is 9.84 Å². The van der Waals surface area contributed by atoms with Gasteiger partial charge in [-0.3, -0.25) is 19.6 Å². The minimum Gasteiger partial charge on any atom is -0.347 e. The van der Waals surface area contributed by atoms with Gasteiger partial charge in [-0.25, -0.2) is 12.8 Å². The molecular formula is C25H25Cl2FN4O4S. The first kappa shape index (κ1) is 26.1. The zero-order valence-electron chi connectivity index (χ0n) is 19.8. The van der Waals surface area contributed by atoms with Crippen LogP contribution in [0.2, 0.25) is 10.0 Å².